The first-order chi connectivity index (χ1) is 13.6. The number of aryl methyl sites for hydroxylation is 1. The summed E-state index contributed by atoms with van der Waals surface area (Å²) in [7, 11) is 2.11. The number of hydrogen-bond acceptors (Lipinski definition) is 4. The number of nitrogens with one attached hydrogen (secondary N) is 2. The van der Waals surface area contributed by atoms with Crippen LogP contribution in [-0.2, 0) is 7.05 Å². The Hall–Kier alpha value is -2.79. The Morgan fingerprint density at radius 1 is 1.21 bits per heavy atom. The molecule has 3 rings (SSSR count). The third-order valence-corrected chi connectivity index (χ3v) is 4.95. The van der Waals surface area contributed by atoms with Crippen LogP contribution in [0.1, 0.15) is 19.5 Å². The van der Waals surface area contributed by atoms with Gasteiger partial charge in [-0.05, 0) is 37.1 Å². The fourth-order valence-corrected chi connectivity index (χ4v) is 3.53. The summed E-state index contributed by atoms with van der Waals surface area (Å²) in [4.78, 5) is 6.95. The summed E-state index contributed by atoms with van der Waals surface area (Å²) >= 11 is 0. The van der Waals surface area contributed by atoms with Crippen LogP contribution in [0.4, 0.5) is 11.4 Å². The summed E-state index contributed by atoms with van der Waals surface area (Å²) in [6, 6.07) is 0. The van der Waals surface area contributed by atoms with Crippen molar-refractivity contribution in [3.63, 3.8) is 0 Å². The number of allylic oxidation sites excluding steroid dienone is 5. The minimum atomic E-state index is 0.747. The SMILES string of the molecule is C=C1C=CC(CNc2cn(C)c(/C=C\C)c2N2CCNCC2)=C/C1=N/C=C\C. The Labute approximate surface area is 168 Å². The lowest BCUT2D eigenvalue weighted by molar-refractivity contribution is 0.589. The quantitative estimate of drug-likeness (QED) is 0.790. The lowest BCUT2D eigenvalue weighted by atomic mass is 10.0. The van der Waals surface area contributed by atoms with E-state index in [1.54, 1.807) is 0 Å². The van der Waals surface area contributed by atoms with E-state index in [2.05, 4.69) is 76.1 Å². The second-order valence-electron chi connectivity index (χ2n) is 7.05. The maximum absolute atomic E-state index is 4.47. The molecule has 28 heavy (non-hydrogen) atoms. The van der Waals surface area contributed by atoms with Crippen molar-refractivity contribution in [2.24, 2.45) is 12.0 Å². The Kier molecular flexibility index (Phi) is 6.71. The van der Waals surface area contributed by atoms with Gasteiger partial charge in [0.15, 0.2) is 0 Å². The van der Waals surface area contributed by atoms with Gasteiger partial charge in [0.25, 0.3) is 0 Å². The molecule has 1 saturated heterocycles. The van der Waals surface area contributed by atoms with Crippen molar-refractivity contribution in [2.75, 3.05) is 42.9 Å². The van der Waals surface area contributed by atoms with E-state index in [4.69, 9.17) is 0 Å². The standard InChI is InChI=1S/C23H31N5/c1-5-7-22-23(28-13-11-24-12-14-28)21(17-27(22)4)26-16-19-9-8-18(3)20(15-19)25-10-6-2/h5-10,15,17,24,26H,3,11-14,16H2,1-2,4H3/b7-5-,10-6-,25-20-. The first-order valence-corrected chi connectivity index (χ1v) is 9.92. The zero-order valence-corrected chi connectivity index (χ0v) is 17.2. The van der Waals surface area contributed by atoms with Crippen LogP contribution in [-0.4, -0.2) is 43.0 Å². The van der Waals surface area contributed by atoms with Gasteiger partial charge in [-0.1, -0.05) is 30.9 Å². The highest BCUT2D eigenvalue weighted by Gasteiger charge is 2.20. The molecule has 0 bridgehead atoms. The normalized spacial score (nSPS) is 19.2. The van der Waals surface area contributed by atoms with Gasteiger partial charge in [-0.15, -0.1) is 0 Å². The second-order valence-corrected chi connectivity index (χ2v) is 7.05. The van der Waals surface area contributed by atoms with E-state index in [1.165, 1.54) is 22.6 Å². The molecule has 5 heteroatoms. The lowest BCUT2D eigenvalue weighted by Crippen LogP contribution is -2.44. The molecule has 0 spiro atoms. The molecule has 5 nitrogen and oxygen atoms in total. The van der Waals surface area contributed by atoms with Gasteiger partial charge in [-0.25, -0.2) is 0 Å². The van der Waals surface area contributed by atoms with E-state index in [1.807, 2.05) is 25.3 Å². The average Bonchev–Trinajstić information content (AvgIpc) is 3.02. The van der Waals surface area contributed by atoms with Gasteiger partial charge in [-0.2, -0.15) is 0 Å². The highest BCUT2D eigenvalue weighted by molar-refractivity contribution is 6.12. The summed E-state index contributed by atoms with van der Waals surface area (Å²) in [6.07, 6.45) is 16.5. The monoisotopic (exact) mass is 377 g/mol. The van der Waals surface area contributed by atoms with Crippen molar-refractivity contribution in [1.82, 2.24) is 9.88 Å². The third kappa shape index (κ3) is 4.54. The van der Waals surface area contributed by atoms with Crippen LogP contribution < -0.4 is 15.5 Å². The number of hydrogen-bond donors (Lipinski definition) is 2. The van der Waals surface area contributed by atoms with Gasteiger partial charge < -0.3 is 20.1 Å². The predicted molar refractivity (Wildman–Crippen MR) is 122 cm³/mol. The average molecular weight is 378 g/mol. The van der Waals surface area contributed by atoms with Crippen molar-refractivity contribution in [3.05, 3.63) is 66.2 Å². The molecule has 1 fully saturated rings. The Morgan fingerprint density at radius 3 is 2.71 bits per heavy atom. The maximum Gasteiger partial charge on any atom is 0.0858 e. The first kappa shape index (κ1) is 20.0. The minimum absolute atomic E-state index is 0.747. The molecule has 1 aromatic heterocycles. The van der Waals surface area contributed by atoms with Crippen molar-refractivity contribution in [2.45, 2.75) is 13.8 Å². The van der Waals surface area contributed by atoms with Gasteiger partial charge >= 0.3 is 0 Å². The molecular weight excluding hydrogens is 346 g/mol. The zero-order valence-electron chi connectivity index (χ0n) is 17.2. The van der Waals surface area contributed by atoms with Gasteiger partial charge in [0.05, 0.1) is 22.8 Å². The summed E-state index contributed by atoms with van der Waals surface area (Å²) < 4.78 is 2.20. The van der Waals surface area contributed by atoms with Crippen LogP contribution in [0, 0.1) is 0 Å². The third-order valence-electron chi connectivity index (χ3n) is 4.95. The van der Waals surface area contributed by atoms with Crippen molar-refractivity contribution < 1.29 is 0 Å². The molecule has 2 N–H and O–H groups in total. The van der Waals surface area contributed by atoms with Crippen molar-refractivity contribution in [1.29, 1.82) is 0 Å². The van der Waals surface area contributed by atoms with Gasteiger partial charge in [-0.3, -0.25) is 4.99 Å². The molecule has 0 atom stereocenters. The molecule has 0 radical (unpaired) electrons. The summed E-state index contributed by atoms with van der Waals surface area (Å²) in [5.74, 6) is 0. The zero-order chi connectivity index (χ0) is 19.9. The summed E-state index contributed by atoms with van der Waals surface area (Å²) in [6.45, 7) is 12.9. The molecule has 0 aromatic carbocycles. The van der Waals surface area contributed by atoms with Gasteiger partial charge in [0.1, 0.15) is 0 Å². The second kappa shape index (κ2) is 9.42. The van der Waals surface area contributed by atoms with E-state index in [9.17, 15) is 0 Å². The van der Waals surface area contributed by atoms with Crippen molar-refractivity contribution in [3.8, 4) is 0 Å². The van der Waals surface area contributed by atoms with E-state index in [0.717, 1.165) is 44.0 Å². The highest BCUT2D eigenvalue weighted by Crippen LogP contribution is 2.33. The van der Waals surface area contributed by atoms with Gasteiger partial charge in [0.2, 0.25) is 0 Å². The minimum Gasteiger partial charge on any atom is -0.378 e. The molecule has 2 heterocycles. The molecule has 1 aliphatic heterocycles. The number of rotatable bonds is 6. The molecule has 0 saturated carbocycles. The largest absolute Gasteiger partial charge is 0.378 e. The number of aromatic nitrogens is 1. The molecule has 148 valence electrons. The first-order valence-electron chi connectivity index (χ1n) is 9.92. The fraction of sp³-hybridized carbons (Fsp3) is 0.348. The molecular formula is C23H31N5. The van der Waals surface area contributed by atoms with E-state index < -0.39 is 0 Å². The number of piperazine rings is 1. The van der Waals surface area contributed by atoms with E-state index in [-0.39, 0.29) is 0 Å². The van der Waals surface area contributed by atoms with E-state index in [0.29, 0.717) is 0 Å². The van der Waals surface area contributed by atoms with Crippen LogP contribution >= 0.6 is 0 Å². The Balaban J connectivity index is 1.83. The maximum atomic E-state index is 4.47. The smallest absolute Gasteiger partial charge is 0.0858 e. The van der Waals surface area contributed by atoms with Crippen LogP contribution in [0.3, 0.4) is 0 Å². The summed E-state index contributed by atoms with van der Waals surface area (Å²) in [5, 5.41) is 7.09. The van der Waals surface area contributed by atoms with Gasteiger partial charge in [0, 0.05) is 52.2 Å². The molecule has 1 aromatic rings. The number of aliphatic imine (C=N–C) groups is 1. The van der Waals surface area contributed by atoms with Crippen LogP contribution in [0.15, 0.2) is 65.5 Å². The van der Waals surface area contributed by atoms with Crippen LogP contribution in [0.5, 0.6) is 0 Å². The van der Waals surface area contributed by atoms with Crippen molar-refractivity contribution >= 4 is 23.2 Å². The van der Waals surface area contributed by atoms with E-state index >= 15 is 0 Å². The highest BCUT2D eigenvalue weighted by atomic mass is 15.2. The molecule has 0 amide bonds. The Bertz CT molecular complexity index is 858. The number of nitrogens with zero attached hydrogens (tertiary/aromatic N) is 3. The predicted octanol–water partition coefficient (Wildman–Crippen LogP) is 3.91. The van der Waals surface area contributed by atoms with Crippen LogP contribution in [0.25, 0.3) is 6.08 Å². The topological polar surface area (TPSA) is 44.6 Å². The molecule has 2 aliphatic rings. The Morgan fingerprint density at radius 2 is 2.00 bits per heavy atom. The van der Waals surface area contributed by atoms with Crippen LogP contribution in [0.2, 0.25) is 0 Å². The lowest BCUT2D eigenvalue weighted by Gasteiger charge is -2.30. The molecule has 1 aliphatic carbocycles. The fourth-order valence-electron chi connectivity index (χ4n) is 3.53. The molecule has 0 unspecified atom stereocenters. The number of anilines is 2. The summed E-state index contributed by atoms with van der Waals surface area (Å²) in [5.41, 5.74) is 6.75.